The monoisotopic (exact) mass is 445 g/mol. The average molecular weight is 445 g/mol. The fourth-order valence-electron chi connectivity index (χ4n) is 3.00. The van der Waals surface area contributed by atoms with E-state index in [1.54, 1.807) is 24.4 Å². The number of aryl methyl sites for hydroxylation is 1. The number of hydrogen-bond donors (Lipinski definition) is 1. The van der Waals surface area contributed by atoms with Gasteiger partial charge in [-0.15, -0.1) is 0 Å². The summed E-state index contributed by atoms with van der Waals surface area (Å²) < 4.78 is 16.9. The zero-order valence-corrected chi connectivity index (χ0v) is 17.6. The van der Waals surface area contributed by atoms with Crippen molar-refractivity contribution in [3.05, 3.63) is 106 Å². The highest BCUT2D eigenvalue weighted by Crippen LogP contribution is 2.30. The van der Waals surface area contributed by atoms with Gasteiger partial charge >= 0.3 is 0 Å². The molecule has 1 N–H and O–H groups in total. The minimum Gasteiger partial charge on any atom is -0.485 e. The quantitative estimate of drug-likeness (QED) is 0.280. The van der Waals surface area contributed by atoms with E-state index in [2.05, 4.69) is 10.3 Å². The number of pyridine rings is 1. The third kappa shape index (κ3) is 5.53. The van der Waals surface area contributed by atoms with Crippen molar-refractivity contribution >= 4 is 17.3 Å². The van der Waals surface area contributed by atoms with E-state index in [9.17, 15) is 14.9 Å². The van der Waals surface area contributed by atoms with Crippen LogP contribution in [0.4, 0.5) is 11.4 Å². The lowest BCUT2D eigenvalue weighted by molar-refractivity contribution is -0.384. The maximum atomic E-state index is 12.6. The highest BCUT2D eigenvalue weighted by atomic mass is 16.6. The van der Waals surface area contributed by atoms with Gasteiger partial charge in [0.2, 0.25) is 0 Å². The van der Waals surface area contributed by atoms with Crippen LogP contribution in [-0.2, 0) is 6.61 Å². The maximum absolute atomic E-state index is 12.6. The third-order valence-electron chi connectivity index (χ3n) is 4.58. The highest BCUT2D eigenvalue weighted by Gasteiger charge is 2.16. The van der Waals surface area contributed by atoms with Crippen molar-refractivity contribution in [1.82, 2.24) is 4.98 Å². The van der Waals surface area contributed by atoms with Crippen molar-refractivity contribution in [2.24, 2.45) is 0 Å². The van der Waals surface area contributed by atoms with Crippen LogP contribution in [0.2, 0.25) is 0 Å². The van der Waals surface area contributed by atoms with E-state index >= 15 is 0 Å². The van der Waals surface area contributed by atoms with Crippen LogP contribution in [0, 0.1) is 17.0 Å². The Balaban J connectivity index is 1.46. The molecule has 0 saturated carbocycles. The Morgan fingerprint density at radius 1 is 1.09 bits per heavy atom. The van der Waals surface area contributed by atoms with Crippen LogP contribution in [0.3, 0.4) is 0 Å². The maximum Gasteiger partial charge on any atom is 0.291 e. The Labute approximate surface area is 188 Å². The molecule has 0 aliphatic carbocycles. The van der Waals surface area contributed by atoms with Crippen LogP contribution in [0.5, 0.6) is 17.2 Å². The molecule has 2 heterocycles. The van der Waals surface area contributed by atoms with Gasteiger partial charge in [0.05, 0.1) is 22.9 Å². The number of nitro benzene ring substituents is 1. The largest absolute Gasteiger partial charge is 0.485 e. The molecule has 0 spiro atoms. The number of nitrogens with zero attached hydrogens (tertiary/aromatic N) is 2. The van der Waals surface area contributed by atoms with Gasteiger partial charge in [-0.1, -0.05) is 18.2 Å². The van der Waals surface area contributed by atoms with E-state index in [0.717, 1.165) is 11.3 Å². The van der Waals surface area contributed by atoms with E-state index < -0.39 is 10.8 Å². The molecule has 0 aliphatic rings. The van der Waals surface area contributed by atoms with E-state index in [1.165, 1.54) is 30.5 Å². The number of amides is 1. The molecular weight excluding hydrogens is 426 g/mol. The molecule has 4 aromatic rings. The number of carbonyl (C=O) groups excluding carboxylic acids is 1. The number of benzene rings is 2. The second kappa shape index (κ2) is 9.65. The van der Waals surface area contributed by atoms with E-state index in [0.29, 0.717) is 11.5 Å². The minimum absolute atomic E-state index is 0.0413. The van der Waals surface area contributed by atoms with Crippen LogP contribution in [0.25, 0.3) is 0 Å². The number of aromatic nitrogens is 1. The van der Waals surface area contributed by atoms with Crippen molar-refractivity contribution in [3.63, 3.8) is 0 Å². The van der Waals surface area contributed by atoms with Gasteiger partial charge in [-0.25, -0.2) is 0 Å². The van der Waals surface area contributed by atoms with E-state index in [4.69, 9.17) is 13.9 Å². The first-order chi connectivity index (χ1) is 16.0. The number of nitro groups is 1. The van der Waals surface area contributed by atoms with Gasteiger partial charge in [-0.05, 0) is 42.8 Å². The molecule has 0 saturated heterocycles. The summed E-state index contributed by atoms with van der Waals surface area (Å²) in [7, 11) is 0. The normalized spacial score (nSPS) is 10.5. The van der Waals surface area contributed by atoms with Crippen molar-refractivity contribution in [2.75, 3.05) is 5.32 Å². The van der Waals surface area contributed by atoms with Gasteiger partial charge in [0.25, 0.3) is 11.6 Å². The molecule has 0 fully saturated rings. The number of hydrogen-bond acceptors (Lipinski definition) is 7. The second-order valence-corrected chi connectivity index (χ2v) is 7.04. The Morgan fingerprint density at radius 2 is 1.94 bits per heavy atom. The predicted molar refractivity (Wildman–Crippen MR) is 120 cm³/mol. The lowest BCUT2D eigenvalue weighted by atomic mass is 10.2. The van der Waals surface area contributed by atoms with Gasteiger partial charge in [0, 0.05) is 18.3 Å². The van der Waals surface area contributed by atoms with Crippen LogP contribution >= 0.6 is 0 Å². The summed E-state index contributed by atoms with van der Waals surface area (Å²) >= 11 is 0. The molecular formula is C24H19N3O6. The first kappa shape index (κ1) is 21.6. The zero-order chi connectivity index (χ0) is 23.2. The highest BCUT2D eigenvalue weighted by molar-refractivity contribution is 6.02. The number of carbonyl (C=O) groups is 1. The van der Waals surface area contributed by atoms with Crippen LogP contribution in [-0.4, -0.2) is 15.8 Å². The van der Waals surface area contributed by atoms with Crippen LogP contribution in [0.1, 0.15) is 21.9 Å². The molecule has 9 heteroatoms. The summed E-state index contributed by atoms with van der Waals surface area (Å²) in [4.78, 5) is 27.3. The molecule has 0 radical (unpaired) electrons. The SMILES string of the molecule is Cc1ccccc1OCc1ccc(C(=O)Nc2cc(Oc3cccnc3)cc([N+](=O)[O-])c2)o1. The molecule has 9 nitrogen and oxygen atoms in total. The molecule has 4 rings (SSSR count). The topological polar surface area (TPSA) is 117 Å². The Kier molecular flexibility index (Phi) is 6.31. The molecule has 2 aromatic heterocycles. The van der Waals surface area contributed by atoms with Crippen LogP contribution < -0.4 is 14.8 Å². The van der Waals surface area contributed by atoms with Crippen molar-refractivity contribution in [1.29, 1.82) is 0 Å². The fraction of sp³-hybridized carbons (Fsp3) is 0.0833. The summed E-state index contributed by atoms with van der Waals surface area (Å²) in [5, 5.41) is 13.9. The standard InChI is InChI=1S/C24H19N3O6/c1-16-5-2-3-7-22(16)31-15-20-8-9-23(33-20)24(28)26-17-11-18(27(29)30)13-21(12-17)32-19-6-4-10-25-14-19/h2-14H,15H2,1H3,(H,26,28). The average Bonchev–Trinajstić information content (AvgIpc) is 3.28. The van der Waals surface area contributed by atoms with Gasteiger partial charge in [-0.2, -0.15) is 0 Å². The molecule has 0 aliphatic heterocycles. The fourth-order valence-corrected chi connectivity index (χ4v) is 3.00. The molecule has 166 valence electrons. The molecule has 33 heavy (non-hydrogen) atoms. The molecule has 2 aromatic carbocycles. The second-order valence-electron chi connectivity index (χ2n) is 7.04. The number of anilines is 1. The Morgan fingerprint density at radius 3 is 2.70 bits per heavy atom. The van der Waals surface area contributed by atoms with Crippen LogP contribution in [0.15, 0.2) is 83.5 Å². The number of non-ortho nitro benzene ring substituents is 1. The Bertz CT molecular complexity index is 1290. The van der Waals surface area contributed by atoms with Gasteiger partial charge < -0.3 is 19.2 Å². The smallest absolute Gasteiger partial charge is 0.291 e. The number of nitrogens with one attached hydrogen (secondary N) is 1. The minimum atomic E-state index is -0.570. The first-order valence-corrected chi connectivity index (χ1v) is 9.94. The molecule has 0 atom stereocenters. The Hall–Kier alpha value is -4.66. The van der Waals surface area contributed by atoms with E-state index in [-0.39, 0.29) is 29.5 Å². The zero-order valence-electron chi connectivity index (χ0n) is 17.6. The number of para-hydroxylation sites is 1. The summed E-state index contributed by atoms with van der Waals surface area (Å²) in [5.74, 6) is 1.24. The third-order valence-corrected chi connectivity index (χ3v) is 4.58. The van der Waals surface area contributed by atoms with E-state index in [1.807, 2.05) is 31.2 Å². The summed E-state index contributed by atoms with van der Waals surface area (Å²) in [5.41, 5.74) is 0.928. The molecule has 0 bridgehead atoms. The van der Waals surface area contributed by atoms with Gasteiger partial charge in [-0.3, -0.25) is 19.9 Å². The molecule has 0 unspecified atom stereocenters. The lowest BCUT2D eigenvalue weighted by Crippen LogP contribution is -2.11. The lowest BCUT2D eigenvalue weighted by Gasteiger charge is -2.09. The summed E-state index contributed by atoms with van der Waals surface area (Å²) in [6.45, 7) is 2.08. The number of furan rings is 1. The molecule has 1 amide bonds. The van der Waals surface area contributed by atoms with Gasteiger partial charge in [0.1, 0.15) is 29.6 Å². The number of rotatable bonds is 8. The predicted octanol–water partition coefficient (Wildman–Crippen LogP) is 5.51. The van der Waals surface area contributed by atoms with Crippen molar-refractivity contribution in [3.8, 4) is 17.2 Å². The van der Waals surface area contributed by atoms with Gasteiger partial charge in [0.15, 0.2) is 5.76 Å². The summed E-state index contributed by atoms with van der Waals surface area (Å²) in [6.07, 6.45) is 3.05. The first-order valence-electron chi connectivity index (χ1n) is 9.94. The summed E-state index contributed by atoms with van der Waals surface area (Å²) in [6, 6.07) is 18.0. The van der Waals surface area contributed by atoms with Crippen molar-refractivity contribution in [2.45, 2.75) is 13.5 Å². The number of ether oxygens (including phenoxy) is 2. The van der Waals surface area contributed by atoms with Crippen molar-refractivity contribution < 1.29 is 23.6 Å².